The average molecular weight is 507 g/mol. The second-order valence-electron chi connectivity index (χ2n) is 8.95. The minimum absolute atomic E-state index is 0.0479. The van der Waals surface area contributed by atoms with E-state index in [0.29, 0.717) is 23.2 Å². The van der Waals surface area contributed by atoms with Crippen molar-refractivity contribution in [2.75, 3.05) is 14.1 Å². The van der Waals surface area contributed by atoms with E-state index in [1.165, 1.54) is 5.56 Å². The Morgan fingerprint density at radius 3 is 1.50 bits per heavy atom. The van der Waals surface area contributed by atoms with Crippen LogP contribution in [0.2, 0.25) is 0 Å². The summed E-state index contributed by atoms with van der Waals surface area (Å²) in [5, 5.41) is 3.08. The molecule has 4 aromatic rings. The van der Waals surface area contributed by atoms with Gasteiger partial charge in [-0.05, 0) is 30.3 Å². The first-order chi connectivity index (χ1) is 18.5. The predicted molar refractivity (Wildman–Crippen MR) is 152 cm³/mol. The van der Waals surface area contributed by atoms with Crippen LogP contribution >= 0.6 is 0 Å². The van der Waals surface area contributed by atoms with Crippen molar-refractivity contribution in [3.8, 4) is 0 Å². The van der Waals surface area contributed by atoms with E-state index in [2.05, 4.69) is 17.4 Å². The lowest BCUT2D eigenvalue weighted by molar-refractivity contribution is 0.0784. The van der Waals surface area contributed by atoms with Crippen molar-refractivity contribution < 1.29 is 14.4 Å². The Balaban J connectivity index is 0.000000375. The van der Waals surface area contributed by atoms with Crippen molar-refractivity contribution in [1.82, 2.24) is 10.2 Å². The van der Waals surface area contributed by atoms with E-state index in [0.717, 1.165) is 12.1 Å². The fraction of sp³-hybridized carbons (Fsp3) is 0.182. The first kappa shape index (κ1) is 28.2. The van der Waals surface area contributed by atoms with E-state index >= 15 is 0 Å². The van der Waals surface area contributed by atoms with Gasteiger partial charge in [-0.15, -0.1) is 0 Å². The Bertz CT molecular complexity index is 1290. The van der Waals surface area contributed by atoms with Gasteiger partial charge < -0.3 is 10.2 Å². The smallest absolute Gasteiger partial charge is 0.253 e. The molecule has 0 spiro atoms. The molecule has 1 amide bonds. The summed E-state index contributed by atoms with van der Waals surface area (Å²) in [6, 6.07) is 35.7. The number of carbonyl (C=O) groups is 3. The van der Waals surface area contributed by atoms with Crippen LogP contribution in [0.1, 0.15) is 55.0 Å². The molecule has 0 aliphatic carbocycles. The molecule has 0 saturated heterocycles. The van der Waals surface area contributed by atoms with Gasteiger partial charge in [-0.1, -0.05) is 103 Å². The second kappa shape index (κ2) is 15.0. The minimum atomic E-state index is -0.106. The molecular weight excluding hydrogens is 472 g/mol. The molecule has 4 aromatic carbocycles. The summed E-state index contributed by atoms with van der Waals surface area (Å²) in [5.74, 6) is -0.258. The van der Waals surface area contributed by atoms with Gasteiger partial charge in [0.1, 0.15) is 0 Å². The van der Waals surface area contributed by atoms with E-state index in [-0.39, 0.29) is 30.3 Å². The normalized spacial score (nSPS) is 10.2. The summed E-state index contributed by atoms with van der Waals surface area (Å²) < 4.78 is 0. The molecule has 1 N–H and O–H groups in total. The van der Waals surface area contributed by atoms with Gasteiger partial charge in [-0.2, -0.15) is 0 Å². The maximum atomic E-state index is 12.6. The van der Waals surface area contributed by atoms with Crippen LogP contribution in [0.15, 0.2) is 115 Å². The Morgan fingerprint density at radius 2 is 1.00 bits per heavy atom. The van der Waals surface area contributed by atoms with Gasteiger partial charge in [0.05, 0.1) is 0 Å². The first-order valence-corrected chi connectivity index (χ1v) is 12.7. The van der Waals surface area contributed by atoms with Gasteiger partial charge in [0.15, 0.2) is 11.6 Å². The van der Waals surface area contributed by atoms with Crippen molar-refractivity contribution in [2.45, 2.75) is 25.9 Å². The standard InChI is InChI=1S/C25H23NO3.C8H11N/c1-26(18-19-8-4-2-5-9-19)25(29)22-14-12-21(13-15-22)24(28)17-16-23(27)20-10-6-3-7-11-20;1-9-7-8-5-3-2-4-6-8/h2-15H,16-18H2,1H3;2-6,9H,7H2,1H3. The number of nitrogens with zero attached hydrogens (tertiary/aromatic N) is 1. The molecule has 0 radical (unpaired) electrons. The molecular formula is C33H34N2O3. The number of benzene rings is 4. The van der Waals surface area contributed by atoms with Crippen molar-refractivity contribution in [1.29, 1.82) is 0 Å². The number of rotatable bonds is 10. The highest BCUT2D eigenvalue weighted by Gasteiger charge is 2.14. The van der Waals surface area contributed by atoms with Gasteiger partial charge in [0.25, 0.3) is 5.91 Å². The summed E-state index contributed by atoms with van der Waals surface area (Å²) in [4.78, 5) is 38.8. The van der Waals surface area contributed by atoms with Crippen LogP contribution in [0.3, 0.4) is 0 Å². The molecule has 0 aromatic heterocycles. The van der Waals surface area contributed by atoms with Crippen molar-refractivity contribution in [2.24, 2.45) is 0 Å². The SMILES string of the molecule is CN(Cc1ccccc1)C(=O)c1ccc(C(=O)CCC(=O)c2ccccc2)cc1.CNCc1ccccc1. The third kappa shape index (κ3) is 8.95. The molecule has 4 rings (SSSR count). The highest BCUT2D eigenvalue weighted by molar-refractivity contribution is 6.02. The molecule has 0 aliphatic heterocycles. The van der Waals surface area contributed by atoms with E-state index < -0.39 is 0 Å². The van der Waals surface area contributed by atoms with Gasteiger partial charge >= 0.3 is 0 Å². The molecule has 0 unspecified atom stereocenters. The largest absolute Gasteiger partial charge is 0.337 e. The molecule has 5 heteroatoms. The van der Waals surface area contributed by atoms with Crippen LogP contribution in [0.25, 0.3) is 0 Å². The molecule has 0 fully saturated rings. The average Bonchev–Trinajstić information content (AvgIpc) is 2.97. The van der Waals surface area contributed by atoms with Crippen molar-refractivity contribution in [3.63, 3.8) is 0 Å². The number of carbonyl (C=O) groups excluding carboxylic acids is 3. The van der Waals surface area contributed by atoms with Crippen LogP contribution in [-0.4, -0.2) is 36.5 Å². The van der Waals surface area contributed by atoms with Crippen LogP contribution < -0.4 is 5.32 Å². The monoisotopic (exact) mass is 506 g/mol. The lowest BCUT2D eigenvalue weighted by atomic mass is 10.0. The molecule has 5 nitrogen and oxygen atoms in total. The van der Waals surface area contributed by atoms with Crippen LogP contribution in [0, 0.1) is 0 Å². The molecule has 0 atom stereocenters. The van der Waals surface area contributed by atoms with Gasteiger partial charge in [0.2, 0.25) is 0 Å². The van der Waals surface area contributed by atoms with Crippen molar-refractivity contribution >= 4 is 17.5 Å². The number of nitrogens with one attached hydrogen (secondary N) is 1. The molecule has 194 valence electrons. The summed E-state index contributed by atoms with van der Waals surface area (Å²) >= 11 is 0. The van der Waals surface area contributed by atoms with Gasteiger partial charge in [-0.3, -0.25) is 14.4 Å². The van der Waals surface area contributed by atoms with Gasteiger partial charge in [0, 0.05) is 49.7 Å². The maximum Gasteiger partial charge on any atom is 0.253 e. The van der Waals surface area contributed by atoms with E-state index in [4.69, 9.17) is 0 Å². The van der Waals surface area contributed by atoms with E-state index in [1.54, 1.807) is 60.5 Å². The Hall–Kier alpha value is -4.35. The highest BCUT2D eigenvalue weighted by Crippen LogP contribution is 2.13. The zero-order valence-electron chi connectivity index (χ0n) is 22.0. The van der Waals surface area contributed by atoms with Crippen molar-refractivity contribution in [3.05, 3.63) is 143 Å². The molecule has 0 bridgehead atoms. The number of hydrogen-bond acceptors (Lipinski definition) is 4. The minimum Gasteiger partial charge on any atom is -0.337 e. The number of hydrogen-bond donors (Lipinski definition) is 1. The molecule has 0 saturated carbocycles. The third-order valence-electron chi connectivity index (χ3n) is 5.96. The molecule has 0 aliphatic rings. The summed E-state index contributed by atoms with van der Waals surface area (Å²) in [7, 11) is 3.70. The Kier molecular flexibility index (Phi) is 11.2. The summed E-state index contributed by atoms with van der Waals surface area (Å²) in [6.45, 7) is 1.47. The number of amides is 1. The predicted octanol–water partition coefficient (Wildman–Crippen LogP) is 6.21. The summed E-state index contributed by atoms with van der Waals surface area (Å²) in [5.41, 5.74) is 4.04. The topological polar surface area (TPSA) is 66.5 Å². The molecule has 0 heterocycles. The fourth-order valence-corrected chi connectivity index (χ4v) is 3.89. The summed E-state index contributed by atoms with van der Waals surface area (Å²) in [6.07, 6.45) is 0.318. The lowest BCUT2D eigenvalue weighted by Crippen LogP contribution is -2.26. The highest BCUT2D eigenvalue weighted by atomic mass is 16.2. The quantitative estimate of drug-likeness (QED) is 0.260. The van der Waals surface area contributed by atoms with Crippen LogP contribution in [0.4, 0.5) is 0 Å². The maximum absolute atomic E-state index is 12.6. The Labute approximate surface area is 225 Å². The first-order valence-electron chi connectivity index (χ1n) is 12.7. The number of Topliss-reactive ketones (excluding diaryl/α,β-unsaturated/α-hetero) is 2. The zero-order valence-corrected chi connectivity index (χ0v) is 22.0. The van der Waals surface area contributed by atoms with E-state index in [1.807, 2.05) is 61.6 Å². The second-order valence-corrected chi connectivity index (χ2v) is 8.95. The molecule has 38 heavy (non-hydrogen) atoms. The zero-order chi connectivity index (χ0) is 27.2. The number of ketones is 2. The van der Waals surface area contributed by atoms with E-state index in [9.17, 15) is 14.4 Å². The fourth-order valence-electron chi connectivity index (χ4n) is 3.89. The van der Waals surface area contributed by atoms with Crippen LogP contribution in [0.5, 0.6) is 0 Å². The Morgan fingerprint density at radius 1 is 0.579 bits per heavy atom. The van der Waals surface area contributed by atoms with Gasteiger partial charge in [-0.25, -0.2) is 0 Å². The lowest BCUT2D eigenvalue weighted by Gasteiger charge is -2.17. The third-order valence-corrected chi connectivity index (χ3v) is 5.96. The van der Waals surface area contributed by atoms with Crippen LogP contribution in [-0.2, 0) is 13.1 Å².